The molecule has 1 aliphatic carbocycles. The minimum absolute atomic E-state index is 0.350. The highest BCUT2D eigenvalue weighted by Gasteiger charge is 2.67. The summed E-state index contributed by atoms with van der Waals surface area (Å²) < 4.78 is -1.16. The largest absolute Gasteiger partial charge is 0.281 e. The molecule has 1 saturated carbocycles. The highest BCUT2D eigenvalue weighted by Crippen LogP contribution is 2.65. The van der Waals surface area contributed by atoms with E-state index in [-0.39, 0.29) is 5.92 Å². The fourth-order valence-corrected chi connectivity index (χ4v) is 3.56. The minimum atomic E-state index is -1.16. The summed E-state index contributed by atoms with van der Waals surface area (Å²) in [5.41, 5.74) is 0.724. The molecule has 86 valence electrons. The Hall–Kier alpha value is 0.340. The van der Waals surface area contributed by atoms with Gasteiger partial charge in [0, 0.05) is 16.0 Å². The van der Waals surface area contributed by atoms with Crippen molar-refractivity contribution in [2.24, 2.45) is 5.92 Å². The van der Waals surface area contributed by atoms with Gasteiger partial charge in [-0.15, -0.1) is 23.2 Å². The average molecular weight is 318 g/mol. The Morgan fingerprint density at radius 3 is 2.00 bits per heavy atom. The lowest BCUT2D eigenvalue weighted by Crippen LogP contribution is -1.96. The quantitative estimate of drug-likeness (QED) is 0.573. The molecular weight excluding hydrogens is 313 g/mol. The molecule has 0 saturated heterocycles. The molecule has 1 aromatic rings. The maximum absolute atomic E-state index is 11.1. The van der Waals surface area contributed by atoms with E-state index in [1.165, 1.54) is 0 Å². The minimum Gasteiger partial charge on any atom is -0.281 e. The maximum Gasteiger partial charge on any atom is 0.228 e. The molecule has 16 heavy (non-hydrogen) atoms. The molecule has 1 aliphatic rings. The second-order valence-electron chi connectivity index (χ2n) is 3.64. The second kappa shape index (κ2) is 4.22. The summed E-state index contributed by atoms with van der Waals surface area (Å²) in [7, 11) is 0. The molecule has 1 fully saturated rings. The first-order chi connectivity index (χ1) is 7.34. The number of carbonyl (C=O) groups is 1. The zero-order chi connectivity index (χ0) is 12.1. The van der Waals surface area contributed by atoms with Gasteiger partial charge in [-0.25, -0.2) is 0 Å². The molecule has 1 aromatic carbocycles. The van der Waals surface area contributed by atoms with Crippen LogP contribution in [0.25, 0.3) is 0 Å². The summed E-state index contributed by atoms with van der Waals surface area (Å²) in [5, 5.41) is 0.393. The number of carbonyl (C=O) groups excluding carboxylic acids is 1. The predicted octanol–water partition coefficient (Wildman–Crippen LogP) is 4.65. The van der Waals surface area contributed by atoms with E-state index >= 15 is 0 Å². The molecule has 0 heterocycles. The topological polar surface area (TPSA) is 17.1 Å². The van der Waals surface area contributed by atoms with Crippen molar-refractivity contribution in [2.75, 3.05) is 0 Å². The summed E-state index contributed by atoms with van der Waals surface area (Å²) in [4.78, 5) is 11.1. The number of hydrogen-bond donors (Lipinski definition) is 0. The van der Waals surface area contributed by atoms with Gasteiger partial charge in [0.2, 0.25) is 5.24 Å². The normalized spacial score (nSPS) is 26.6. The molecule has 1 nitrogen and oxygen atoms in total. The highest BCUT2D eigenvalue weighted by molar-refractivity contribution is 6.68. The van der Waals surface area contributed by atoms with Gasteiger partial charge < -0.3 is 0 Å². The van der Waals surface area contributed by atoms with Crippen molar-refractivity contribution >= 4 is 63.2 Å². The van der Waals surface area contributed by atoms with Gasteiger partial charge in [-0.2, -0.15) is 0 Å². The van der Waals surface area contributed by atoms with Gasteiger partial charge in [0.25, 0.3) is 0 Å². The van der Waals surface area contributed by atoms with Crippen LogP contribution in [0.5, 0.6) is 0 Å². The Balaban J connectivity index is 2.37. The van der Waals surface area contributed by atoms with Crippen LogP contribution in [-0.2, 0) is 4.79 Å². The van der Waals surface area contributed by atoms with E-state index in [0.717, 1.165) is 5.56 Å². The number of benzene rings is 1. The van der Waals surface area contributed by atoms with E-state index in [0.29, 0.717) is 10.0 Å². The van der Waals surface area contributed by atoms with Crippen molar-refractivity contribution in [3.63, 3.8) is 0 Å². The van der Waals surface area contributed by atoms with Gasteiger partial charge in [0.15, 0.2) is 0 Å². The zero-order valence-corrected chi connectivity index (χ0v) is 11.5. The number of rotatable bonds is 2. The van der Waals surface area contributed by atoms with Gasteiger partial charge in [-0.1, -0.05) is 23.2 Å². The third-order valence-corrected chi connectivity index (χ3v) is 4.15. The van der Waals surface area contributed by atoms with E-state index < -0.39 is 15.5 Å². The summed E-state index contributed by atoms with van der Waals surface area (Å²) in [6.07, 6.45) is 0. The Bertz CT molecular complexity index is 436. The van der Waals surface area contributed by atoms with Crippen LogP contribution in [0.4, 0.5) is 0 Å². The van der Waals surface area contributed by atoms with Crippen molar-refractivity contribution in [3.05, 3.63) is 33.8 Å². The number of alkyl halides is 2. The fourth-order valence-electron chi connectivity index (χ4n) is 1.78. The van der Waals surface area contributed by atoms with Gasteiger partial charge in [-0.05, 0) is 35.4 Å². The first-order valence-electron chi connectivity index (χ1n) is 4.37. The van der Waals surface area contributed by atoms with E-state index in [1.54, 1.807) is 18.2 Å². The summed E-state index contributed by atoms with van der Waals surface area (Å²) >= 11 is 29.1. The van der Waals surface area contributed by atoms with E-state index in [2.05, 4.69) is 0 Å². The molecule has 0 aliphatic heterocycles. The number of halogens is 5. The Labute approximate surface area is 118 Å². The van der Waals surface area contributed by atoms with Crippen LogP contribution in [0.15, 0.2) is 18.2 Å². The first-order valence-corrected chi connectivity index (χ1v) is 6.26. The molecule has 2 rings (SSSR count). The third-order valence-electron chi connectivity index (χ3n) is 2.54. The summed E-state index contributed by atoms with van der Waals surface area (Å²) in [5.74, 6) is -0.955. The van der Waals surface area contributed by atoms with E-state index in [4.69, 9.17) is 58.0 Å². The molecule has 0 aromatic heterocycles. The number of hydrogen-bond acceptors (Lipinski definition) is 1. The van der Waals surface area contributed by atoms with Crippen LogP contribution in [0.2, 0.25) is 10.0 Å². The van der Waals surface area contributed by atoms with Crippen molar-refractivity contribution < 1.29 is 4.79 Å². The highest BCUT2D eigenvalue weighted by atomic mass is 35.5. The smallest absolute Gasteiger partial charge is 0.228 e. The summed E-state index contributed by atoms with van der Waals surface area (Å²) in [6.45, 7) is 0. The van der Waals surface area contributed by atoms with Gasteiger partial charge >= 0.3 is 0 Å². The van der Waals surface area contributed by atoms with Gasteiger partial charge in [-0.3, -0.25) is 4.79 Å². The first kappa shape index (κ1) is 12.8. The van der Waals surface area contributed by atoms with Crippen molar-refractivity contribution in [2.45, 2.75) is 10.3 Å². The van der Waals surface area contributed by atoms with Crippen molar-refractivity contribution in [1.29, 1.82) is 0 Å². The maximum atomic E-state index is 11.1. The van der Waals surface area contributed by atoms with Crippen LogP contribution in [0.1, 0.15) is 11.5 Å². The lowest BCUT2D eigenvalue weighted by atomic mass is 10.1. The Morgan fingerprint density at radius 2 is 1.62 bits per heavy atom. The van der Waals surface area contributed by atoms with Gasteiger partial charge in [0.05, 0.1) is 5.92 Å². The molecule has 0 bridgehead atoms. The molecule has 0 amide bonds. The van der Waals surface area contributed by atoms with E-state index in [1.807, 2.05) is 0 Å². The Morgan fingerprint density at radius 1 is 1.12 bits per heavy atom. The van der Waals surface area contributed by atoms with Crippen LogP contribution in [0.3, 0.4) is 0 Å². The van der Waals surface area contributed by atoms with Crippen LogP contribution in [-0.4, -0.2) is 9.58 Å². The van der Waals surface area contributed by atoms with E-state index in [9.17, 15) is 4.79 Å². The standard InChI is InChI=1S/C10H5Cl5O/c11-5-1-4(2-6(12)3-5)7-8(9(13)16)10(7,14)15/h1-3,7-8H. The average Bonchev–Trinajstić information content (AvgIpc) is 2.67. The van der Waals surface area contributed by atoms with Crippen LogP contribution < -0.4 is 0 Å². The predicted molar refractivity (Wildman–Crippen MR) is 68.0 cm³/mol. The molecule has 6 heteroatoms. The van der Waals surface area contributed by atoms with Gasteiger partial charge in [0.1, 0.15) is 4.33 Å². The molecular formula is C10H5Cl5O. The van der Waals surface area contributed by atoms with Crippen molar-refractivity contribution in [1.82, 2.24) is 0 Å². The molecule has 0 N–H and O–H groups in total. The summed E-state index contributed by atoms with van der Waals surface area (Å²) in [6, 6.07) is 4.95. The Kier molecular flexibility index (Phi) is 3.37. The van der Waals surface area contributed by atoms with Crippen molar-refractivity contribution in [3.8, 4) is 0 Å². The third kappa shape index (κ3) is 2.16. The lowest BCUT2D eigenvalue weighted by molar-refractivity contribution is -0.112. The SMILES string of the molecule is O=C(Cl)C1C(c2cc(Cl)cc(Cl)c2)C1(Cl)Cl. The molecule has 0 spiro atoms. The molecule has 2 unspecified atom stereocenters. The monoisotopic (exact) mass is 316 g/mol. The molecule has 2 atom stereocenters. The second-order valence-corrected chi connectivity index (χ2v) is 6.33. The van der Waals surface area contributed by atoms with Crippen LogP contribution >= 0.6 is 58.0 Å². The zero-order valence-electron chi connectivity index (χ0n) is 7.68. The van der Waals surface area contributed by atoms with Crippen LogP contribution in [0, 0.1) is 5.92 Å². The molecule has 0 radical (unpaired) electrons. The fraction of sp³-hybridized carbons (Fsp3) is 0.300. The lowest BCUT2D eigenvalue weighted by Gasteiger charge is -2.02.